The van der Waals surface area contributed by atoms with Crippen LogP contribution in [0.4, 0.5) is 16.2 Å². The molecule has 0 bridgehead atoms. The van der Waals surface area contributed by atoms with E-state index in [1.165, 1.54) is 29.2 Å². The number of hydrogen-bond acceptors (Lipinski definition) is 5. The predicted molar refractivity (Wildman–Crippen MR) is 96.8 cm³/mol. The third-order valence-electron chi connectivity index (χ3n) is 3.52. The maximum Gasteiger partial charge on any atom is 0.417 e. The van der Waals surface area contributed by atoms with Crippen molar-refractivity contribution in [1.29, 1.82) is 0 Å². The third-order valence-corrected chi connectivity index (χ3v) is 4.89. The molecule has 0 atom stereocenters. The van der Waals surface area contributed by atoms with Gasteiger partial charge in [0.05, 0.1) is 21.8 Å². The van der Waals surface area contributed by atoms with Crippen LogP contribution >= 0.6 is 0 Å². The van der Waals surface area contributed by atoms with Crippen molar-refractivity contribution in [3.8, 4) is 0 Å². The number of rotatable bonds is 4. The molecule has 0 radical (unpaired) electrons. The van der Waals surface area contributed by atoms with Crippen molar-refractivity contribution in [2.45, 2.75) is 4.90 Å². The first-order valence-electron chi connectivity index (χ1n) is 7.49. The molecule has 1 heterocycles. The molecule has 26 heavy (non-hydrogen) atoms. The van der Waals surface area contributed by atoms with Gasteiger partial charge in [0.15, 0.2) is 5.58 Å². The van der Waals surface area contributed by atoms with Crippen LogP contribution in [0.15, 0.2) is 56.6 Å². The summed E-state index contributed by atoms with van der Waals surface area (Å²) < 4.78 is 32.6. The Labute approximate surface area is 148 Å². The van der Waals surface area contributed by atoms with E-state index in [9.17, 15) is 18.0 Å². The summed E-state index contributed by atoms with van der Waals surface area (Å²) in [6.45, 7) is 0. The molecule has 3 rings (SSSR count). The van der Waals surface area contributed by atoms with Crippen LogP contribution in [0.2, 0.25) is 0 Å². The van der Waals surface area contributed by atoms with Crippen molar-refractivity contribution in [3.05, 3.63) is 53.0 Å². The molecular formula is C16H16N4O5S. The van der Waals surface area contributed by atoms with Crippen molar-refractivity contribution in [2.75, 3.05) is 24.1 Å². The molecule has 0 aliphatic rings. The Kier molecular flexibility index (Phi) is 4.43. The van der Waals surface area contributed by atoms with Crippen LogP contribution in [-0.2, 0) is 10.0 Å². The topological polar surface area (TPSA) is 125 Å². The smallest absolute Gasteiger partial charge is 0.408 e. The lowest BCUT2D eigenvalue weighted by molar-refractivity contribution is 0.230. The Hall–Kier alpha value is -3.27. The normalized spacial score (nSPS) is 11.3. The summed E-state index contributed by atoms with van der Waals surface area (Å²) in [6.07, 6.45) is 0. The molecule has 2 aromatic carbocycles. The van der Waals surface area contributed by atoms with Crippen LogP contribution in [-0.4, -0.2) is 38.4 Å². The Morgan fingerprint density at radius 3 is 2.50 bits per heavy atom. The van der Waals surface area contributed by atoms with Gasteiger partial charge in [-0.3, -0.25) is 9.71 Å². The van der Waals surface area contributed by atoms with Gasteiger partial charge in [0.2, 0.25) is 0 Å². The highest BCUT2D eigenvalue weighted by Crippen LogP contribution is 2.25. The minimum atomic E-state index is -3.96. The largest absolute Gasteiger partial charge is 0.417 e. The molecule has 0 spiro atoms. The van der Waals surface area contributed by atoms with Gasteiger partial charge in [0.1, 0.15) is 0 Å². The molecule has 0 unspecified atom stereocenters. The van der Waals surface area contributed by atoms with E-state index in [2.05, 4.69) is 15.0 Å². The van der Waals surface area contributed by atoms with Crippen LogP contribution < -0.4 is 15.8 Å². The van der Waals surface area contributed by atoms with Crippen molar-refractivity contribution in [2.24, 2.45) is 0 Å². The van der Waals surface area contributed by atoms with Crippen molar-refractivity contribution < 1.29 is 17.6 Å². The number of anilines is 2. The zero-order valence-corrected chi connectivity index (χ0v) is 14.8. The molecule has 0 fully saturated rings. The van der Waals surface area contributed by atoms with Crippen LogP contribution in [0.1, 0.15) is 0 Å². The lowest BCUT2D eigenvalue weighted by atomic mass is 10.3. The molecule has 0 saturated heterocycles. The Bertz CT molecular complexity index is 1130. The second-order valence-corrected chi connectivity index (χ2v) is 7.33. The number of para-hydroxylation sites is 2. The third kappa shape index (κ3) is 3.54. The van der Waals surface area contributed by atoms with Gasteiger partial charge in [-0.05, 0) is 24.3 Å². The molecule has 136 valence electrons. The van der Waals surface area contributed by atoms with Crippen LogP contribution in [0.25, 0.3) is 11.1 Å². The lowest BCUT2D eigenvalue weighted by Gasteiger charge is -2.16. The predicted octanol–water partition coefficient (Wildman–Crippen LogP) is 2.02. The number of sulfonamides is 1. The summed E-state index contributed by atoms with van der Waals surface area (Å²) in [5.41, 5.74) is 1.04. The number of amides is 2. The minimum Gasteiger partial charge on any atom is -0.408 e. The molecular weight excluding hydrogens is 360 g/mol. The highest BCUT2D eigenvalue weighted by Gasteiger charge is 2.18. The second-order valence-electron chi connectivity index (χ2n) is 5.65. The van der Waals surface area contributed by atoms with Crippen molar-refractivity contribution in [3.63, 3.8) is 0 Å². The van der Waals surface area contributed by atoms with Gasteiger partial charge in [-0.15, -0.1) is 0 Å². The lowest BCUT2D eigenvalue weighted by Crippen LogP contribution is -2.28. The van der Waals surface area contributed by atoms with E-state index < -0.39 is 21.8 Å². The zero-order valence-electron chi connectivity index (χ0n) is 13.9. The quantitative estimate of drug-likeness (QED) is 0.642. The first kappa shape index (κ1) is 17.5. The summed E-state index contributed by atoms with van der Waals surface area (Å²) in [5.74, 6) is -0.667. The summed E-state index contributed by atoms with van der Waals surface area (Å²) in [7, 11) is -0.822. The number of fused-ring (bicyclic) bond motifs is 1. The van der Waals surface area contributed by atoms with Crippen molar-refractivity contribution >= 4 is 38.5 Å². The van der Waals surface area contributed by atoms with Crippen LogP contribution in [0.3, 0.4) is 0 Å². The van der Waals surface area contributed by atoms with Gasteiger partial charge in [0.25, 0.3) is 10.0 Å². The standard InChI is InChI=1S/C16H16N4O5S/c1-20(2)15(21)17-11-5-3-4-6-12(11)19-26(23,24)10-7-8-13-14(9-10)25-16(22)18-13/h3-9,19H,1-2H3,(H,17,21)(H,18,22). The minimum absolute atomic E-state index is 0.0820. The van der Waals surface area contributed by atoms with Gasteiger partial charge in [0, 0.05) is 20.2 Å². The SMILES string of the molecule is CN(C)C(=O)Nc1ccccc1NS(=O)(=O)c1ccc2[nH]c(=O)oc2c1. The number of hydrogen-bond donors (Lipinski definition) is 3. The molecule has 9 nitrogen and oxygen atoms in total. The molecule has 0 aliphatic carbocycles. The van der Waals surface area contributed by atoms with E-state index in [1.54, 1.807) is 32.3 Å². The summed E-state index contributed by atoms with van der Waals surface area (Å²) in [5, 5.41) is 2.61. The highest BCUT2D eigenvalue weighted by atomic mass is 32.2. The zero-order chi connectivity index (χ0) is 18.9. The summed E-state index contributed by atoms with van der Waals surface area (Å²) >= 11 is 0. The summed E-state index contributed by atoms with van der Waals surface area (Å²) in [4.78, 5) is 26.7. The number of nitrogens with zero attached hydrogens (tertiary/aromatic N) is 1. The number of carbonyl (C=O) groups excluding carboxylic acids is 1. The molecule has 10 heteroatoms. The average Bonchev–Trinajstić information content (AvgIpc) is 2.95. The number of urea groups is 1. The van der Waals surface area contributed by atoms with E-state index in [0.717, 1.165) is 0 Å². The molecule has 1 aromatic heterocycles. The van der Waals surface area contributed by atoms with E-state index in [-0.39, 0.29) is 16.2 Å². The number of aromatic nitrogens is 1. The second kappa shape index (κ2) is 6.56. The van der Waals surface area contributed by atoms with Gasteiger partial charge in [-0.2, -0.15) is 0 Å². The molecule has 0 aliphatic heterocycles. The van der Waals surface area contributed by atoms with Gasteiger partial charge in [-0.1, -0.05) is 12.1 Å². The number of oxazole rings is 1. The maximum absolute atomic E-state index is 12.7. The van der Waals surface area contributed by atoms with E-state index in [1.807, 2.05) is 0 Å². The maximum atomic E-state index is 12.7. The Morgan fingerprint density at radius 2 is 1.81 bits per heavy atom. The fourth-order valence-corrected chi connectivity index (χ4v) is 3.30. The molecule has 3 aromatic rings. The first-order chi connectivity index (χ1) is 12.3. The number of benzene rings is 2. The van der Waals surface area contributed by atoms with E-state index >= 15 is 0 Å². The van der Waals surface area contributed by atoms with Crippen LogP contribution in [0, 0.1) is 0 Å². The molecule has 0 saturated carbocycles. The molecule has 2 amide bonds. The van der Waals surface area contributed by atoms with Gasteiger partial charge < -0.3 is 14.6 Å². The first-order valence-corrected chi connectivity index (χ1v) is 8.97. The Morgan fingerprint density at radius 1 is 1.12 bits per heavy atom. The van der Waals surface area contributed by atoms with E-state index in [4.69, 9.17) is 4.42 Å². The fourth-order valence-electron chi connectivity index (χ4n) is 2.20. The van der Waals surface area contributed by atoms with E-state index in [0.29, 0.717) is 11.2 Å². The number of H-pyrrole nitrogens is 1. The molecule has 3 N–H and O–H groups in total. The number of aromatic amines is 1. The highest BCUT2D eigenvalue weighted by molar-refractivity contribution is 7.92. The monoisotopic (exact) mass is 376 g/mol. The van der Waals surface area contributed by atoms with Crippen LogP contribution in [0.5, 0.6) is 0 Å². The van der Waals surface area contributed by atoms with Crippen molar-refractivity contribution in [1.82, 2.24) is 9.88 Å². The Balaban J connectivity index is 1.94. The average molecular weight is 376 g/mol. The number of nitrogens with one attached hydrogen (secondary N) is 3. The van der Waals surface area contributed by atoms with Gasteiger partial charge in [-0.25, -0.2) is 18.0 Å². The van der Waals surface area contributed by atoms with Gasteiger partial charge >= 0.3 is 11.8 Å². The number of carbonyl (C=O) groups is 1. The summed E-state index contributed by atoms with van der Waals surface area (Å²) in [6, 6.07) is 10.0. The fraction of sp³-hybridized carbons (Fsp3) is 0.125.